The van der Waals surface area contributed by atoms with Crippen LogP contribution in [0.4, 0.5) is 19.0 Å². The van der Waals surface area contributed by atoms with Crippen molar-refractivity contribution in [1.29, 1.82) is 0 Å². The van der Waals surface area contributed by atoms with Gasteiger partial charge in [0.2, 0.25) is 5.91 Å². The van der Waals surface area contributed by atoms with Gasteiger partial charge in [-0.1, -0.05) is 12.8 Å². The maximum Gasteiger partial charge on any atom is 0.401 e. The van der Waals surface area contributed by atoms with Gasteiger partial charge >= 0.3 is 6.18 Å². The minimum atomic E-state index is -4.15. The van der Waals surface area contributed by atoms with Gasteiger partial charge in [-0.25, -0.2) is 4.68 Å². The van der Waals surface area contributed by atoms with E-state index in [9.17, 15) is 18.0 Å². The second-order valence-corrected chi connectivity index (χ2v) is 7.13. The van der Waals surface area contributed by atoms with E-state index in [0.29, 0.717) is 45.2 Å². The molecule has 0 aromatic carbocycles. The lowest BCUT2D eigenvalue weighted by Crippen LogP contribution is -2.49. The summed E-state index contributed by atoms with van der Waals surface area (Å²) in [5.74, 6) is 0.652. The quantitative estimate of drug-likeness (QED) is 0.833. The van der Waals surface area contributed by atoms with Crippen molar-refractivity contribution in [1.82, 2.24) is 19.6 Å². The first-order chi connectivity index (χ1) is 12.4. The van der Waals surface area contributed by atoms with Crippen LogP contribution in [0.15, 0.2) is 12.3 Å². The van der Waals surface area contributed by atoms with E-state index in [0.717, 1.165) is 18.7 Å². The monoisotopic (exact) mass is 373 g/mol. The van der Waals surface area contributed by atoms with Crippen LogP contribution in [0.3, 0.4) is 0 Å². The third-order valence-electron chi connectivity index (χ3n) is 5.13. The zero-order chi connectivity index (χ0) is 18.6. The SMILES string of the molecule is O=C(CCN1CCN(CC(F)(F)F)CC1)Nc1ccnn1C1CCCC1. The standard InChI is InChI=1S/C17H26F3N5O/c18-17(19,20)13-24-11-9-23(10-12-24)8-6-16(26)22-15-5-7-21-25(15)14-3-1-2-4-14/h5,7,14H,1-4,6,8-13H2,(H,22,26). The molecule has 1 aliphatic carbocycles. The van der Waals surface area contributed by atoms with E-state index in [-0.39, 0.29) is 5.91 Å². The molecule has 1 aliphatic heterocycles. The van der Waals surface area contributed by atoms with Gasteiger partial charge < -0.3 is 10.2 Å². The number of anilines is 1. The molecule has 2 heterocycles. The van der Waals surface area contributed by atoms with Crippen LogP contribution in [0.25, 0.3) is 0 Å². The number of piperazine rings is 1. The Kier molecular flexibility index (Phi) is 6.18. The summed E-state index contributed by atoms with van der Waals surface area (Å²) in [7, 11) is 0. The fourth-order valence-corrected chi connectivity index (χ4v) is 3.74. The molecule has 0 radical (unpaired) electrons. The predicted molar refractivity (Wildman–Crippen MR) is 91.9 cm³/mol. The lowest BCUT2D eigenvalue weighted by atomic mass is 10.2. The van der Waals surface area contributed by atoms with Gasteiger partial charge in [0.25, 0.3) is 0 Å². The summed E-state index contributed by atoms with van der Waals surface area (Å²) in [5, 5.41) is 7.26. The molecule has 0 atom stereocenters. The number of carbonyl (C=O) groups excluding carboxylic acids is 1. The van der Waals surface area contributed by atoms with Crippen LogP contribution in [-0.4, -0.2) is 70.9 Å². The highest BCUT2D eigenvalue weighted by molar-refractivity contribution is 5.89. The third kappa shape index (κ3) is 5.44. The molecule has 0 spiro atoms. The summed E-state index contributed by atoms with van der Waals surface area (Å²) >= 11 is 0. The fourth-order valence-electron chi connectivity index (χ4n) is 3.74. The van der Waals surface area contributed by atoms with E-state index < -0.39 is 12.7 Å². The average molecular weight is 373 g/mol. The second kappa shape index (κ2) is 8.39. The Hall–Kier alpha value is -1.61. The lowest BCUT2D eigenvalue weighted by Gasteiger charge is -2.34. The van der Waals surface area contributed by atoms with Crippen LogP contribution < -0.4 is 5.32 Å². The van der Waals surface area contributed by atoms with E-state index in [4.69, 9.17) is 0 Å². The summed E-state index contributed by atoms with van der Waals surface area (Å²) in [6, 6.07) is 2.17. The van der Waals surface area contributed by atoms with E-state index in [2.05, 4.69) is 10.4 Å². The number of rotatable bonds is 6. The Morgan fingerprint density at radius 1 is 1.15 bits per heavy atom. The average Bonchev–Trinajstić information content (AvgIpc) is 3.24. The van der Waals surface area contributed by atoms with Crippen molar-refractivity contribution < 1.29 is 18.0 Å². The minimum Gasteiger partial charge on any atom is -0.311 e. The number of carbonyl (C=O) groups is 1. The van der Waals surface area contributed by atoms with Gasteiger partial charge in [0.05, 0.1) is 18.8 Å². The van der Waals surface area contributed by atoms with Crippen molar-refractivity contribution in [2.75, 3.05) is 44.6 Å². The minimum absolute atomic E-state index is 0.0810. The van der Waals surface area contributed by atoms with Crippen LogP contribution in [0.1, 0.15) is 38.1 Å². The zero-order valence-electron chi connectivity index (χ0n) is 14.8. The van der Waals surface area contributed by atoms with Gasteiger partial charge in [0, 0.05) is 45.2 Å². The van der Waals surface area contributed by atoms with Crippen molar-refractivity contribution in [3.8, 4) is 0 Å². The molecule has 0 unspecified atom stereocenters. The number of alkyl halides is 3. The molecule has 1 N–H and O–H groups in total. The van der Waals surface area contributed by atoms with Crippen molar-refractivity contribution in [2.24, 2.45) is 0 Å². The number of amides is 1. The summed E-state index contributed by atoms with van der Waals surface area (Å²) < 4.78 is 39.1. The molecule has 1 saturated heterocycles. The van der Waals surface area contributed by atoms with Crippen LogP contribution in [-0.2, 0) is 4.79 Å². The highest BCUT2D eigenvalue weighted by Crippen LogP contribution is 2.31. The number of aromatic nitrogens is 2. The number of nitrogens with one attached hydrogen (secondary N) is 1. The summed E-state index contributed by atoms with van der Waals surface area (Å²) in [6.07, 6.45) is 2.45. The summed E-state index contributed by atoms with van der Waals surface area (Å²) in [5.41, 5.74) is 0. The molecular weight excluding hydrogens is 347 g/mol. The van der Waals surface area contributed by atoms with E-state index in [1.54, 1.807) is 6.20 Å². The Balaban J connectivity index is 1.39. The molecule has 1 aromatic heterocycles. The molecule has 26 heavy (non-hydrogen) atoms. The van der Waals surface area contributed by atoms with E-state index >= 15 is 0 Å². The molecule has 9 heteroatoms. The van der Waals surface area contributed by atoms with Gasteiger partial charge in [0.1, 0.15) is 5.82 Å². The number of hydrogen-bond acceptors (Lipinski definition) is 4. The lowest BCUT2D eigenvalue weighted by molar-refractivity contribution is -0.149. The molecule has 2 aliphatic rings. The van der Waals surface area contributed by atoms with Crippen LogP contribution in [0, 0.1) is 0 Å². The van der Waals surface area contributed by atoms with Crippen LogP contribution >= 0.6 is 0 Å². The van der Waals surface area contributed by atoms with Gasteiger partial charge in [0.15, 0.2) is 0 Å². The molecule has 1 amide bonds. The van der Waals surface area contributed by atoms with Gasteiger partial charge in [-0.15, -0.1) is 0 Å². The molecular formula is C17H26F3N5O. The van der Waals surface area contributed by atoms with Crippen LogP contribution in [0.5, 0.6) is 0 Å². The Morgan fingerprint density at radius 3 is 2.46 bits per heavy atom. The highest BCUT2D eigenvalue weighted by atomic mass is 19.4. The van der Waals surface area contributed by atoms with Gasteiger partial charge in [-0.3, -0.25) is 9.69 Å². The Labute approximate surface area is 151 Å². The van der Waals surface area contributed by atoms with Crippen molar-refractivity contribution in [3.63, 3.8) is 0 Å². The van der Waals surface area contributed by atoms with Crippen molar-refractivity contribution in [2.45, 2.75) is 44.3 Å². The molecule has 1 saturated carbocycles. The molecule has 3 rings (SSSR count). The predicted octanol–water partition coefficient (Wildman–Crippen LogP) is 2.51. The third-order valence-corrected chi connectivity index (χ3v) is 5.13. The normalized spacial score (nSPS) is 20.6. The number of hydrogen-bond donors (Lipinski definition) is 1. The second-order valence-electron chi connectivity index (χ2n) is 7.13. The molecule has 0 bridgehead atoms. The smallest absolute Gasteiger partial charge is 0.311 e. The molecule has 146 valence electrons. The van der Waals surface area contributed by atoms with Gasteiger partial charge in [-0.05, 0) is 12.8 Å². The largest absolute Gasteiger partial charge is 0.401 e. The summed E-state index contributed by atoms with van der Waals surface area (Å²) in [4.78, 5) is 15.7. The number of halogens is 3. The first kappa shape index (κ1) is 19.2. The molecule has 2 fully saturated rings. The van der Waals surface area contributed by atoms with Crippen LogP contribution in [0.2, 0.25) is 0 Å². The Bertz CT molecular complexity index is 589. The van der Waals surface area contributed by atoms with E-state index in [1.165, 1.54) is 17.7 Å². The maximum atomic E-state index is 12.4. The summed E-state index contributed by atoms with van der Waals surface area (Å²) in [6.45, 7) is 1.59. The van der Waals surface area contributed by atoms with Gasteiger partial charge in [-0.2, -0.15) is 18.3 Å². The molecule has 1 aromatic rings. The maximum absolute atomic E-state index is 12.4. The number of nitrogens with zero attached hydrogens (tertiary/aromatic N) is 4. The zero-order valence-corrected chi connectivity index (χ0v) is 14.8. The first-order valence-electron chi connectivity index (χ1n) is 9.25. The van der Waals surface area contributed by atoms with E-state index in [1.807, 2.05) is 15.6 Å². The fraction of sp³-hybridized carbons (Fsp3) is 0.765. The topological polar surface area (TPSA) is 53.4 Å². The first-order valence-corrected chi connectivity index (χ1v) is 9.25. The highest BCUT2D eigenvalue weighted by Gasteiger charge is 2.32. The van der Waals surface area contributed by atoms with Crippen molar-refractivity contribution >= 4 is 11.7 Å². The van der Waals surface area contributed by atoms with Crippen molar-refractivity contribution in [3.05, 3.63) is 12.3 Å². The molecule has 6 nitrogen and oxygen atoms in total. The Morgan fingerprint density at radius 2 is 1.81 bits per heavy atom.